The van der Waals surface area contributed by atoms with Crippen molar-refractivity contribution in [2.75, 3.05) is 6.54 Å². The van der Waals surface area contributed by atoms with Crippen molar-refractivity contribution in [1.82, 2.24) is 10.2 Å². The average Bonchev–Trinajstić information content (AvgIpc) is 2.37. The number of carbonyl (C=O) groups excluding carboxylic acids is 2. The second-order valence-electron chi connectivity index (χ2n) is 5.44. The van der Waals surface area contributed by atoms with Gasteiger partial charge in [0.25, 0.3) is 0 Å². The summed E-state index contributed by atoms with van der Waals surface area (Å²) < 4.78 is 0. The van der Waals surface area contributed by atoms with E-state index >= 15 is 0 Å². The van der Waals surface area contributed by atoms with Gasteiger partial charge in [0.15, 0.2) is 0 Å². The molecule has 0 spiro atoms. The van der Waals surface area contributed by atoms with Gasteiger partial charge in [0, 0.05) is 0 Å². The van der Waals surface area contributed by atoms with Gasteiger partial charge >= 0.3 is 0 Å². The monoisotopic (exact) mass is 260 g/mol. The minimum absolute atomic E-state index is 0.0252. The van der Waals surface area contributed by atoms with E-state index in [1.165, 1.54) is 0 Å². The Labute approximate surface area is 113 Å². The smallest absolute Gasteiger partial charge is 0.248 e. The van der Waals surface area contributed by atoms with Crippen LogP contribution in [0, 0.1) is 0 Å². The van der Waals surface area contributed by atoms with Gasteiger partial charge in [-0.15, -0.1) is 0 Å². The van der Waals surface area contributed by atoms with E-state index in [1.54, 1.807) is 18.7 Å². The first-order valence-electron chi connectivity index (χ1n) is 6.62. The molecule has 0 radical (unpaired) electrons. The molecule has 0 aromatic heterocycles. The lowest BCUT2D eigenvalue weighted by Crippen LogP contribution is -2.64. The molecular weight excluding hydrogens is 240 g/mol. The van der Waals surface area contributed by atoms with Crippen LogP contribution in [0.2, 0.25) is 0 Å². The first-order chi connectivity index (χ1) is 8.95. The number of benzene rings is 1. The van der Waals surface area contributed by atoms with Crippen molar-refractivity contribution in [3.05, 3.63) is 35.9 Å². The molecule has 1 aromatic rings. The number of amides is 2. The molecule has 0 saturated carbocycles. The van der Waals surface area contributed by atoms with Gasteiger partial charge in [-0.05, 0) is 25.8 Å². The highest BCUT2D eigenvalue weighted by Gasteiger charge is 2.41. The van der Waals surface area contributed by atoms with E-state index in [1.807, 2.05) is 37.3 Å². The van der Waals surface area contributed by atoms with Crippen LogP contribution in [0.1, 0.15) is 38.8 Å². The Kier molecular flexibility index (Phi) is 3.60. The summed E-state index contributed by atoms with van der Waals surface area (Å²) in [6.45, 7) is 5.66. The van der Waals surface area contributed by atoms with Gasteiger partial charge in [0.1, 0.15) is 12.1 Å². The van der Waals surface area contributed by atoms with Crippen LogP contribution in [0.25, 0.3) is 0 Å². The topological polar surface area (TPSA) is 49.4 Å². The summed E-state index contributed by atoms with van der Waals surface area (Å²) in [6, 6.07) is 9.82. The lowest BCUT2D eigenvalue weighted by molar-refractivity contribution is -0.151. The fraction of sp³-hybridized carbons (Fsp3) is 0.467. The highest BCUT2D eigenvalue weighted by molar-refractivity contribution is 5.97. The lowest BCUT2D eigenvalue weighted by atomic mass is 9.95. The van der Waals surface area contributed by atoms with Gasteiger partial charge in [-0.1, -0.05) is 37.3 Å². The van der Waals surface area contributed by atoms with Crippen molar-refractivity contribution in [3.8, 4) is 0 Å². The first-order valence-corrected chi connectivity index (χ1v) is 6.62. The quantitative estimate of drug-likeness (QED) is 0.902. The molecule has 2 rings (SSSR count). The maximum Gasteiger partial charge on any atom is 0.248 e. The van der Waals surface area contributed by atoms with Crippen molar-refractivity contribution in [2.45, 2.75) is 38.8 Å². The molecule has 0 bridgehead atoms. The van der Waals surface area contributed by atoms with E-state index in [0.717, 1.165) is 12.0 Å². The van der Waals surface area contributed by atoms with Crippen LogP contribution in [-0.2, 0) is 9.59 Å². The number of hydrogen-bond donors (Lipinski definition) is 1. The van der Waals surface area contributed by atoms with E-state index in [2.05, 4.69) is 5.32 Å². The van der Waals surface area contributed by atoms with Gasteiger partial charge in [-0.2, -0.15) is 0 Å². The Bertz CT molecular complexity index is 482. The van der Waals surface area contributed by atoms with Crippen LogP contribution in [0.3, 0.4) is 0 Å². The van der Waals surface area contributed by atoms with E-state index in [9.17, 15) is 9.59 Å². The zero-order valence-corrected chi connectivity index (χ0v) is 11.6. The third-order valence-electron chi connectivity index (χ3n) is 3.51. The molecule has 19 heavy (non-hydrogen) atoms. The van der Waals surface area contributed by atoms with Crippen LogP contribution in [0.5, 0.6) is 0 Å². The third kappa shape index (κ3) is 2.62. The summed E-state index contributed by atoms with van der Waals surface area (Å²) in [5.74, 6) is -0.123. The SMILES string of the molecule is CCC(c1ccccc1)N1CC(=O)NC(C)(C)C1=O. The molecule has 4 nitrogen and oxygen atoms in total. The number of rotatable bonds is 3. The zero-order chi connectivity index (χ0) is 14.0. The second-order valence-corrected chi connectivity index (χ2v) is 5.44. The van der Waals surface area contributed by atoms with Gasteiger partial charge in [0.2, 0.25) is 11.8 Å². The van der Waals surface area contributed by atoms with Gasteiger partial charge in [0.05, 0.1) is 6.04 Å². The molecule has 1 aromatic carbocycles. The highest BCUT2D eigenvalue weighted by atomic mass is 16.2. The predicted molar refractivity (Wildman–Crippen MR) is 73.4 cm³/mol. The minimum Gasteiger partial charge on any atom is -0.341 e. The number of hydrogen-bond acceptors (Lipinski definition) is 2. The number of nitrogens with zero attached hydrogens (tertiary/aromatic N) is 1. The standard InChI is InChI=1S/C15H20N2O2/c1-4-12(11-8-6-5-7-9-11)17-10-13(18)16-15(2,3)14(17)19/h5-9,12H,4,10H2,1-3H3,(H,16,18). The average molecular weight is 260 g/mol. The second kappa shape index (κ2) is 5.03. The van der Waals surface area contributed by atoms with Crippen LogP contribution < -0.4 is 5.32 Å². The molecule has 2 amide bonds. The summed E-state index contributed by atoms with van der Waals surface area (Å²) >= 11 is 0. The van der Waals surface area contributed by atoms with Crippen LogP contribution in [-0.4, -0.2) is 28.8 Å². The molecule has 1 saturated heterocycles. The van der Waals surface area contributed by atoms with E-state index in [-0.39, 0.29) is 24.4 Å². The maximum atomic E-state index is 12.5. The summed E-state index contributed by atoms with van der Waals surface area (Å²) in [4.78, 5) is 25.9. The van der Waals surface area contributed by atoms with Crippen LogP contribution in [0.4, 0.5) is 0 Å². The molecule has 1 heterocycles. The normalized spacial score (nSPS) is 20.1. The van der Waals surface area contributed by atoms with Crippen LogP contribution >= 0.6 is 0 Å². The van der Waals surface area contributed by atoms with E-state index in [0.29, 0.717) is 0 Å². The number of carbonyl (C=O) groups is 2. The summed E-state index contributed by atoms with van der Waals surface area (Å²) in [7, 11) is 0. The fourth-order valence-corrected chi connectivity index (χ4v) is 2.59. The molecule has 4 heteroatoms. The van der Waals surface area contributed by atoms with E-state index < -0.39 is 5.54 Å². The molecule has 1 aliphatic rings. The molecule has 1 N–H and O–H groups in total. The molecular formula is C15H20N2O2. The summed E-state index contributed by atoms with van der Waals surface area (Å²) in [5.41, 5.74) is 0.251. The predicted octanol–water partition coefficient (Wildman–Crippen LogP) is 1.87. The first kappa shape index (κ1) is 13.6. The number of piperazine rings is 1. The molecule has 1 unspecified atom stereocenters. The lowest BCUT2D eigenvalue weighted by Gasteiger charge is -2.41. The largest absolute Gasteiger partial charge is 0.341 e. The molecule has 0 aliphatic carbocycles. The highest BCUT2D eigenvalue weighted by Crippen LogP contribution is 2.28. The summed E-state index contributed by atoms with van der Waals surface area (Å²) in [5, 5.41) is 2.74. The Morgan fingerprint density at radius 3 is 2.47 bits per heavy atom. The Balaban J connectivity index is 2.32. The van der Waals surface area contributed by atoms with Gasteiger partial charge in [-0.25, -0.2) is 0 Å². The van der Waals surface area contributed by atoms with Gasteiger partial charge < -0.3 is 10.2 Å². The van der Waals surface area contributed by atoms with Gasteiger partial charge in [-0.3, -0.25) is 9.59 Å². The Hall–Kier alpha value is -1.84. The fourth-order valence-electron chi connectivity index (χ4n) is 2.59. The van der Waals surface area contributed by atoms with Crippen molar-refractivity contribution in [1.29, 1.82) is 0 Å². The molecule has 1 fully saturated rings. The minimum atomic E-state index is -0.822. The Morgan fingerprint density at radius 2 is 1.89 bits per heavy atom. The van der Waals surface area contributed by atoms with Crippen molar-refractivity contribution in [3.63, 3.8) is 0 Å². The zero-order valence-electron chi connectivity index (χ0n) is 11.6. The van der Waals surface area contributed by atoms with Crippen molar-refractivity contribution < 1.29 is 9.59 Å². The van der Waals surface area contributed by atoms with Crippen LogP contribution in [0.15, 0.2) is 30.3 Å². The number of nitrogens with one attached hydrogen (secondary N) is 1. The maximum absolute atomic E-state index is 12.5. The molecule has 102 valence electrons. The third-order valence-corrected chi connectivity index (χ3v) is 3.51. The Morgan fingerprint density at radius 1 is 1.26 bits per heavy atom. The molecule has 1 atom stereocenters. The van der Waals surface area contributed by atoms with Crippen molar-refractivity contribution >= 4 is 11.8 Å². The molecule has 1 aliphatic heterocycles. The van der Waals surface area contributed by atoms with E-state index in [4.69, 9.17) is 0 Å². The van der Waals surface area contributed by atoms with Crippen molar-refractivity contribution in [2.24, 2.45) is 0 Å². The summed E-state index contributed by atoms with van der Waals surface area (Å²) in [6.07, 6.45) is 0.791.